The van der Waals surface area contributed by atoms with Crippen LogP contribution in [-0.2, 0) is 9.53 Å². The number of nitrogens with zero attached hydrogens (tertiary/aromatic N) is 1. The zero-order valence-corrected chi connectivity index (χ0v) is 20.6. The normalized spacial score (nSPS) is 21.6. The number of fused-ring (bicyclic) bond motifs is 2. The number of anilines is 1. The summed E-state index contributed by atoms with van der Waals surface area (Å²) >= 11 is 5.99. The van der Waals surface area contributed by atoms with Crippen LogP contribution in [0.2, 0.25) is 5.02 Å². The standard InChI is InChI=1S/C26H30ClN3O5/c1-3-11-28-24(31)14-19-8-9-21-23(35-19)15-34-22-10-7-18(13-20(22)26(33)30(21)2)29-25(32)16-5-4-6-17(27)12-16/h4-7,10,12-13,19,21,23H,3,8-9,11,14-15H2,1-2H3,(H,28,31)(H,29,32)/t19-,21-,23-/m1/s1. The van der Waals surface area contributed by atoms with E-state index in [1.165, 1.54) is 0 Å². The molecule has 9 heteroatoms. The summed E-state index contributed by atoms with van der Waals surface area (Å²) in [5.74, 6) is -0.136. The second kappa shape index (κ2) is 11.1. The van der Waals surface area contributed by atoms with E-state index in [1.54, 1.807) is 54.4 Å². The molecule has 4 rings (SSSR count). The first-order valence-electron chi connectivity index (χ1n) is 11.9. The first-order chi connectivity index (χ1) is 16.9. The molecule has 186 valence electrons. The number of likely N-dealkylation sites (N-methyl/N-ethyl adjacent to an activating group) is 1. The maximum Gasteiger partial charge on any atom is 0.257 e. The van der Waals surface area contributed by atoms with Gasteiger partial charge >= 0.3 is 0 Å². The molecule has 0 aliphatic carbocycles. The summed E-state index contributed by atoms with van der Waals surface area (Å²) < 4.78 is 12.2. The fourth-order valence-electron chi connectivity index (χ4n) is 4.48. The molecule has 2 aliphatic rings. The summed E-state index contributed by atoms with van der Waals surface area (Å²) in [6, 6.07) is 11.5. The third-order valence-electron chi connectivity index (χ3n) is 6.34. The van der Waals surface area contributed by atoms with Gasteiger partial charge in [-0.1, -0.05) is 24.6 Å². The zero-order chi connectivity index (χ0) is 24.9. The van der Waals surface area contributed by atoms with Gasteiger partial charge in [-0.3, -0.25) is 14.4 Å². The molecule has 2 aliphatic heterocycles. The first kappa shape index (κ1) is 25.0. The largest absolute Gasteiger partial charge is 0.490 e. The maximum absolute atomic E-state index is 13.4. The highest BCUT2D eigenvalue weighted by molar-refractivity contribution is 6.31. The number of nitrogens with one attached hydrogen (secondary N) is 2. The van der Waals surface area contributed by atoms with E-state index in [2.05, 4.69) is 10.6 Å². The van der Waals surface area contributed by atoms with Crippen LogP contribution >= 0.6 is 11.6 Å². The topological polar surface area (TPSA) is 97.0 Å². The summed E-state index contributed by atoms with van der Waals surface area (Å²) in [6.45, 7) is 2.92. The molecule has 1 saturated heterocycles. The van der Waals surface area contributed by atoms with Crippen molar-refractivity contribution in [2.24, 2.45) is 0 Å². The van der Waals surface area contributed by atoms with Crippen LogP contribution in [0.3, 0.4) is 0 Å². The van der Waals surface area contributed by atoms with Gasteiger partial charge in [0.05, 0.1) is 24.1 Å². The first-order valence-corrected chi connectivity index (χ1v) is 12.3. The van der Waals surface area contributed by atoms with Gasteiger partial charge in [-0.25, -0.2) is 0 Å². The van der Waals surface area contributed by atoms with Crippen LogP contribution in [0.5, 0.6) is 5.75 Å². The monoisotopic (exact) mass is 499 g/mol. The fourth-order valence-corrected chi connectivity index (χ4v) is 4.67. The van der Waals surface area contributed by atoms with Gasteiger partial charge in [0.1, 0.15) is 18.5 Å². The number of carbonyl (C=O) groups excluding carboxylic acids is 3. The van der Waals surface area contributed by atoms with Crippen LogP contribution in [0, 0.1) is 0 Å². The lowest BCUT2D eigenvalue weighted by atomic mass is 9.94. The Labute approximate surface area is 209 Å². The minimum Gasteiger partial charge on any atom is -0.490 e. The second-order valence-electron chi connectivity index (χ2n) is 8.90. The number of hydrogen-bond donors (Lipinski definition) is 2. The predicted octanol–water partition coefficient (Wildman–Crippen LogP) is 3.89. The van der Waals surface area contributed by atoms with Gasteiger partial charge < -0.3 is 25.0 Å². The molecule has 0 unspecified atom stereocenters. The second-order valence-corrected chi connectivity index (χ2v) is 9.33. The molecule has 2 heterocycles. The maximum atomic E-state index is 13.4. The van der Waals surface area contributed by atoms with Crippen molar-refractivity contribution in [2.45, 2.75) is 50.9 Å². The van der Waals surface area contributed by atoms with E-state index in [0.717, 1.165) is 6.42 Å². The fraction of sp³-hybridized carbons (Fsp3) is 0.423. The SMILES string of the molecule is CCCNC(=O)C[C@H]1CC[C@@H]2[C@@H](COc3ccc(NC(=O)c4cccc(Cl)c4)cc3C(=O)N2C)O1. The van der Waals surface area contributed by atoms with Crippen molar-refractivity contribution >= 4 is 35.0 Å². The van der Waals surface area contributed by atoms with Crippen molar-refractivity contribution in [2.75, 3.05) is 25.5 Å². The highest BCUT2D eigenvalue weighted by atomic mass is 35.5. The number of amides is 3. The molecular weight excluding hydrogens is 470 g/mol. The molecule has 0 saturated carbocycles. The number of carbonyl (C=O) groups is 3. The van der Waals surface area contributed by atoms with E-state index < -0.39 is 0 Å². The van der Waals surface area contributed by atoms with E-state index in [9.17, 15) is 14.4 Å². The Bertz CT molecular complexity index is 1110. The highest BCUT2D eigenvalue weighted by Crippen LogP contribution is 2.32. The van der Waals surface area contributed by atoms with Gasteiger partial charge in [0.25, 0.3) is 11.8 Å². The Kier molecular flexibility index (Phi) is 7.93. The zero-order valence-electron chi connectivity index (χ0n) is 19.9. The molecule has 3 amide bonds. The minimum atomic E-state index is -0.336. The molecule has 2 aromatic rings. The molecule has 2 N–H and O–H groups in total. The van der Waals surface area contributed by atoms with Crippen molar-refractivity contribution < 1.29 is 23.9 Å². The molecular formula is C26H30ClN3O5. The van der Waals surface area contributed by atoms with Crippen molar-refractivity contribution in [1.29, 1.82) is 0 Å². The number of ether oxygens (including phenoxy) is 2. The molecule has 8 nitrogen and oxygen atoms in total. The summed E-state index contributed by atoms with van der Waals surface area (Å²) in [4.78, 5) is 39.8. The molecule has 0 spiro atoms. The summed E-state index contributed by atoms with van der Waals surface area (Å²) in [5.41, 5.74) is 1.27. The number of halogens is 1. The molecule has 1 fully saturated rings. The lowest BCUT2D eigenvalue weighted by Crippen LogP contribution is -2.54. The van der Waals surface area contributed by atoms with Crippen molar-refractivity contribution in [3.63, 3.8) is 0 Å². The summed E-state index contributed by atoms with van der Waals surface area (Å²) in [5, 5.41) is 6.17. The van der Waals surface area contributed by atoms with Gasteiger partial charge in [0.2, 0.25) is 5.91 Å². The molecule has 0 bridgehead atoms. The Morgan fingerprint density at radius 2 is 2.00 bits per heavy atom. The van der Waals surface area contributed by atoms with Crippen LogP contribution in [-0.4, -0.2) is 61.1 Å². The smallest absolute Gasteiger partial charge is 0.257 e. The average Bonchev–Trinajstić information content (AvgIpc) is 2.85. The van der Waals surface area contributed by atoms with Gasteiger partial charge in [-0.15, -0.1) is 0 Å². The van der Waals surface area contributed by atoms with Crippen LogP contribution in [0.25, 0.3) is 0 Å². The van der Waals surface area contributed by atoms with E-state index in [4.69, 9.17) is 21.1 Å². The Hall–Kier alpha value is -3.10. The highest BCUT2D eigenvalue weighted by Gasteiger charge is 2.39. The number of rotatable bonds is 6. The quantitative estimate of drug-likeness (QED) is 0.628. The van der Waals surface area contributed by atoms with E-state index in [1.807, 2.05) is 6.92 Å². The third-order valence-corrected chi connectivity index (χ3v) is 6.58. The lowest BCUT2D eigenvalue weighted by Gasteiger charge is -2.42. The minimum absolute atomic E-state index is 0.0239. The van der Waals surface area contributed by atoms with Gasteiger partial charge in [-0.2, -0.15) is 0 Å². The Balaban J connectivity index is 1.47. The molecule has 2 aromatic carbocycles. The van der Waals surface area contributed by atoms with E-state index in [0.29, 0.717) is 53.4 Å². The summed E-state index contributed by atoms with van der Waals surface area (Å²) in [7, 11) is 1.75. The number of benzene rings is 2. The third kappa shape index (κ3) is 5.94. The van der Waals surface area contributed by atoms with Crippen molar-refractivity contribution in [3.05, 3.63) is 58.6 Å². The Morgan fingerprint density at radius 3 is 2.77 bits per heavy atom. The van der Waals surface area contributed by atoms with Gasteiger partial charge in [-0.05, 0) is 55.7 Å². The van der Waals surface area contributed by atoms with E-state index >= 15 is 0 Å². The molecule has 0 radical (unpaired) electrons. The van der Waals surface area contributed by atoms with Crippen LogP contribution in [0.15, 0.2) is 42.5 Å². The van der Waals surface area contributed by atoms with Gasteiger partial charge in [0, 0.05) is 29.9 Å². The molecule has 0 aromatic heterocycles. The number of hydrogen-bond acceptors (Lipinski definition) is 5. The van der Waals surface area contributed by atoms with E-state index in [-0.39, 0.29) is 42.6 Å². The average molecular weight is 500 g/mol. The van der Waals surface area contributed by atoms with Crippen LogP contribution in [0.4, 0.5) is 5.69 Å². The van der Waals surface area contributed by atoms with Crippen molar-refractivity contribution in [3.8, 4) is 5.75 Å². The molecule has 3 atom stereocenters. The van der Waals surface area contributed by atoms with Crippen LogP contribution < -0.4 is 15.4 Å². The summed E-state index contributed by atoms with van der Waals surface area (Å²) in [6.07, 6.45) is 2.03. The predicted molar refractivity (Wildman–Crippen MR) is 133 cm³/mol. The van der Waals surface area contributed by atoms with Crippen LogP contribution in [0.1, 0.15) is 53.3 Å². The Morgan fingerprint density at radius 1 is 1.17 bits per heavy atom. The lowest BCUT2D eigenvalue weighted by molar-refractivity contribution is -0.134. The van der Waals surface area contributed by atoms with Gasteiger partial charge in [0.15, 0.2) is 0 Å². The molecule has 35 heavy (non-hydrogen) atoms. The van der Waals surface area contributed by atoms with Crippen molar-refractivity contribution in [1.82, 2.24) is 10.2 Å².